The van der Waals surface area contributed by atoms with Crippen LogP contribution in [0.4, 0.5) is 8.78 Å². The van der Waals surface area contributed by atoms with Crippen LogP contribution in [-0.4, -0.2) is 17.5 Å². The largest absolute Gasteiger partial charge is 0.438 e. The summed E-state index contributed by atoms with van der Waals surface area (Å²) in [6, 6.07) is 12.6. The molecular formula is C20H20F2N2O3. The van der Waals surface area contributed by atoms with Crippen LogP contribution >= 0.6 is 0 Å². The fourth-order valence-corrected chi connectivity index (χ4v) is 2.79. The van der Waals surface area contributed by atoms with Crippen LogP contribution in [0.5, 0.6) is 5.75 Å². The number of fused-ring (bicyclic) bond motifs is 1. The Bertz CT molecular complexity index is 891. The lowest BCUT2D eigenvalue weighted by Crippen LogP contribution is -2.29. The molecule has 0 aliphatic rings. The maximum absolute atomic E-state index is 12.6. The molecule has 0 spiro atoms. The molecule has 1 N–H and O–H groups in total. The predicted octanol–water partition coefficient (Wildman–Crippen LogP) is 4.95. The first kappa shape index (κ1) is 18.8. The number of aromatic nitrogens is 1. The van der Waals surface area contributed by atoms with Crippen LogP contribution < -0.4 is 10.1 Å². The fourth-order valence-electron chi connectivity index (χ4n) is 2.79. The lowest BCUT2D eigenvalue weighted by Gasteiger charge is -2.18. The average molecular weight is 374 g/mol. The van der Waals surface area contributed by atoms with Gasteiger partial charge in [-0.1, -0.05) is 32.0 Å². The molecule has 0 bridgehead atoms. The minimum atomic E-state index is -2.95. The first-order valence-electron chi connectivity index (χ1n) is 8.63. The second kappa shape index (κ2) is 8.16. The molecule has 0 saturated carbocycles. The van der Waals surface area contributed by atoms with Gasteiger partial charge in [0.05, 0.1) is 0 Å². The summed E-state index contributed by atoms with van der Waals surface area (Å²) >= 11 is 0. The lowest BCUT2D eigenvalue weighted by atomic mass is 10.0. The molecule has 0 aliphatic carbocycles. The van der Waals surface area contributed by atoms with Crippen molar-refractivity contribution in [3.05, 3.63) is 60.0 Å². The maximum Gasteiger partial charge on any atom is 0.387 e. The average Bonchev–Trinajstić information content (AvgIpc) is 3.04. The summed E-state index contributed by atoms with van der Waals surface area (Å²) < 4.78 is 34.9. The highest BCUT2D eigenvalue weighted by molar-refractivity contribution is 5.94. The third kappa shape index (κ3) is 4.81. The first-order chi connectivity index (χ1) is 12.9. The first-order valence-corrected chi connectivity index (χ1v) is 8.63. The summed E-state index contributed by atoms with van der Waals surface area (Å²) in [6.45, 7) is 1.11. The standard InChI is InChI=1S/C20H20F2N2O3/c1-12(2)10-16(19-24-15-8-3-4-9-17(15)27-19)23-18(25)13-6-5-7-14(11-13)26-20(21)22/h3-9,11-12,16,20H,10H2,1-2H3,(H,23,25)/t16-/m1/s1. The van der Waals surface area contributed by atoms with Gasteiger partial charge in [0.15, 0.2) is 5.58 Å². The number of amides is 1. The van der Waals surface area contributed by atoms with E-state index in [2.05, 4.69) is 15.0 Å². The number of halogens is 2. The second-order valence-electron chi connectivity index (χ2n) is 6.58. The molecule has 7 heteroatoms. The quantitative estimate of drug-likeness (QED) is 0.636. The molecule has 5 nitrogen and oxygen atoms in total. The van der Waals surface area contributed by atoms with Crippen molar-refractivity contribution in [2.45, 2.75) is 32.9 Å². The van der Waals surface area contributed by atoms with Crippen molar-refractivity contribution < 1.29 is 22.7 Å². The lowest BCUT2D eigenvalue weighted by molar-refractivity contribution is -0.0498. The Kier molecular flexibility index (Phi) is 5.69. The Hall–Kier alpha value is -2.96. The minimum absolute atomic E-state index is 0.0695. The van der Waals surface area contributed by atoms with Crippen molar-refractivity contribution in [2.75, 3.05) is 0 Å². The van der Waals surface area contributed by atoms with Gasteiger partial charge in [0.2, 0.25) is 5.89 Å². The summed E-state index contributed by atoms with van der Waals surface area (Å²) in [5, 5.41) is 2.88. The Balaban J connectivity index is 1.83. The number of ether oxygens (including phenoxy) is 1. The highest BCUT2D eigenvalue weighted by Gasteiger charge is 2.22. The van der Waals surface area contributed by atoms with Crippen LogP contribution in [0.1, 0.15) is 42.6 Å². The zero-order valence-corrected chi connectivity index (χ0v) is 15.0. The molecule has 27 heavy (non-hydrogen) atoms. The fraction of sp³-hybridized carbons (Fsp3) is 0.300. The van der Waals surface area contributed by atoms with Crippen LogP contribution in [0.25, 0.3) is 11.1 Å². The van der Waals surface area contributed by atoms with Gasteiger partial charge in [0, 0.05) is 5.56 Å². The third-order valence-electron chi connectivity index (χ3n) is 3.94. The normalized spacial score (nSPS) is 12.5. The number of para-hydroxylation sites is 2. The van der Waals surface area contributed by atoms with E-state index in [9.17, 15) is 13.6 Å². The van der Waals surface area contributed by atoms with E-state index in [4.69, 9.17) is 4.42 Å². The number of carbonyl (C=O) groups excluding carboxylic acids is 1. The number of alkyl halides is 2. The smallest absolute Gasteiger partial charge is 0.387 e. The number of nitrogens with zero attached hydrogens (tertiary/aromatic N) is 1. The monoisotopic (exact) mass is 374 g/mol. The van der Waals surface area contributed by atoms with Gasteiger partial charge in [0.1, 0.15) is 17.3 Å². The van der Waals surface area contributed by atoms with Crippen LogP contribution in [0.2, 0.25) is 0 Å². The number of hydrogen-bond acceptors (Lipinski definition) is 4. The molecule has 3 rings (SSSR count). The van der Waals surface area contributed by atoms with E-state index in [1.807, 2.05) is 38.1 Å². The van der Waals surface area contributed by atoms with Gasteiger partial charge in [-0.05, 0) is 42.7 Å². The Morgan fingerprint density at radius 1 is 1.19 bits per heavy atom. The van der Waals surface area contributed by atoms with Crippen molar-refractivity contribution in [3.63, 3.8) is 0 Å². The Morgan fingerprint density at radius 3 is 2.67 bits per heavy atom. The third-order valence-corrected chi connectivity index (χ3v) is 3.94. The summed E-state index contributed by atoms with van der Waals surface area (Å²) in [7, 11) is 0. The van der Waals surface area contributed by atoms with Crippen LogP contribution in [0.15, 0.2) is 52.9 Å². The molecule has 1 aromatic heterocycles. The maximum atomic E-state index is 12.6. The van der Waals surface area contributed by atoms with Crippen molar-refractivity contribution in [2.24, 2.45) is 5.92 Å². The number of rotatable bonds is 7. The van der Waals surface area contributed by atoms with E-state index in [0.717, 1.165) is 0 Å². The van der Waals surface area contributed by atoms with Gasteiger partial charge in [-0.15, -0.1) is 0 Å². The molecule has 1 heterocycles. The van der Waals surface area contributed by atoms with E-state index >= 15 is 0 Å². The number of oxazole rings is 1. The molecule has 3 aromatic rings. The second-order valence-corrected chi connectivity index (χ2v) is 6.58. The van der Waals surface area contributed by atoms with E-state index < -0.39 is 18.6 Å². The molecule has 0 saturated heterocycles. The van der Waals surface area contributed by atoms with Gasteiger partial charge < -0.3 is 14.5 Å². The SMILES string of the molecule is CC(C)C[C@@H](NC(=O)c1cccc(OC(F)F)c1)c1nc2ccccc2o1. The van der Waals surface area contributed by atoms with Crippen LogP contribution in [-0.2, 0) is 0 Å². The topological polar surface area (TPSA) is 64.4 Å². The van der Waals surface area contributed by atoms with Gasteiger partial charge >= 0.3 is 6.61 Å². The summed E-state index contributed by atoms with van der Waals surface area (Å²) in [6.07, 6.45) is 0.617. The number of hydrogen-bond donors (Lipinski definition) is 1. The number of nitrogens with one attached hydrogen (secondary N) is 1. The van der Waals surface area contributed by atoms with Crippen molar-refractivity contribution in [1.29, 1.82) is 0 Å². The van der Waals surface area contributed by atoms with Crippen molar-refractivity contribution >= 4 is 17.0 Å². The van der Waals surface area contributed by atoms with Crippen molar-refractivity contribution in [3.8, 4) is 5.75 Å². The van der Waals surface area contributed by atoms with E-state index in [0.29, 0.717) is 23.4 Å². The molecule has 2 aromatic carbocycles. The summed E-state index contributed by atoms with van der Waals surface area (Å²) in [4.78, 5) is 17.1. The molecular weight excluding hydrogens is 354 g/mol. The van der Waals surface area contributed by atoms with E-state index in [1.165, 1.54) is 24.3 Å². The molecule has 0 radical (unpaired) electrons. The summed E-state index contributed by atoms with van der Waals surface area (Å²) in [5.74, 6) is 0.208. The van der Waals surface area contributed by atoms with E-state index in [1.54, 1.807) is 0 Å². The van der Waals surface area contributed by atoms with Crippen LogP contribution in [0, 0.1) is 5.92 Å². The van der Waals surface area contributed by atoms with Crippen LogP contribution in [0.3, 0.4) is 0 Å². The van der Waals surface area contributed by atoms with Crippen molar-refractivity contribution in [1.82, 2.24) is 10.3 Å². The van der Waals surface area contributed by atoms with Gasteiger partial charge in [-0.2, -0.15) is 8.78 Å². The number of carbonyl (C=O) groups is 1. The van der Waals surface area contributed by atoms with Gasteiger partial charge in [0.25, 0.3) is 5.91 Å². The molecule has 142 valence electrons. The summed E-state index contributed by atoms with van der Waals surface area (Å²) in [5.41, 5.74) is 1.57. The highest BCUT2D eigenvalue weighted by Crippen LogP contribution is 2.25. The zero-order valence-electron chi connectivity index (χ0n) is 15.0. The van der Waals surface area contributed by atoms with E-state index in [-0.39, 0.29) is 17.2 Å². The predicted molar refractivity (Wildman–Crippen MR) is 96.7 cm³/mol. The Morgan fingerprint density at radius 2 is 1.96 bits per heavy atom. The molecule has 0 fully saturated rings. The molecule has 0 unspecified atom stereocenters. The molecule has 0 aliphatic heterocycles. The van der Waals surface area contributed by atoms with Gasteiger partial charge in [-0.3, -0.25) is 4.79 Å². The minimum Gasteiger partial charge on any atom is -0.438 e. The zero-order chi connectivity index (χ0) is 19.4. The molecule has 1 amide bonds. The molecule has 1 atom stereocenters. The highest BCUT2D eigenvalue weighted by atomic mass is 19.3. The Labute approximate surface area is 155 Å². The number of benzene rings is 2. The van der Waals surface area contributed by atoms with Gasteiger partial charge in [-0.25, -0.2) is 4.98 Å².